The van der Waals surface area contributed by atoms with Crippen molar-refractivity contribution in [2.24, 2.45) is 5.92 Å². The molecular formula is C18H36O2. The van der Waals surface area contributed by atoms with Crippen LogP contribution in [0.25, 0.3) is 0 Å². The quantitative estimate of drug-likeness (QED) is 0.356. The van der Waals surface area contributed by atoms with Crippen LogP contribution in [0.15, 0.2) is 0 Å². The first-order valence-electron chi connectivity index (χ1n) is 9.09. The van der Waals surface area contributed by atoms with E-state index in [4.69, 9.17) is 9.47 Å². The average molecular weight is 284 g/mol. The molecule has 20 heavy (non-hydrogen) atoms. The lowest BCUT2D eigenvalue weighted by Gasteiger charge is -2.05. The molecule has 0 heterocycles. The Morgan fingerprint density at radius 1 is 0.650 bits per heavy atom. The van der Waals surface area contributed by atoms with Crippen LogP contribution in [0.1, 0.15) is 84.0 Å². The van der Waals surface area contributed by atoms with E-state index in [2.05, 4.69) is 6.92 Å². The molecule has 1 rings (SSSR count). The predicted octanol–water partition coefficient (Wildman–Crippen LogP) is 5.35. The number of unbranched alkanes of at least 4 members (excludes halogenated alkanes) is 9. The fourth-order valence-electron chi connectivity index (χ4n) is 2.45. The number of rotatable bonds is 16. The van der Waals surface area contributed by atoms with Gasteiger partial charge in [0.05, 0.1) is 13.2 Å². The molecule has 1 saturated carbocycles. The van der Waals surface area contributed by atoms with E-state index in [9.17, 15) is 0 Å². The van der Waals surface area contributed by atoms with Gasteiger partial charge in [0.1, 0.15) is 0 Å². The zero-order chi connectivity index (χ0) is 14.3. The van der Waals surface area contributed by atoms with Gasteiger partial charge in [0, 0.05) is 13.2 Å². The van der Waals surface area contributed by atoms with E-state index in [1.54, 1.807) is 0 Å². The summed E-state index contributed by atoms with van der Waals surface area (Å²) in [6, 6.07) is 0. The molecule has 2 nitrogen and oxygen atoms in total. The van der Waals surface area contributed by atoms with Crippen molar-refractivity contribution in [1.29, 1.82) is 0 Å². The fraction of sp³-hybridized carbons (Fsp3) is 1.00. The Morgan fingerprint density at radius 2 is 1.20 bits per heavy atom. The molecular weight excluding hydrogens is 248 g/mol. The van der Waals surface area contributed by atoms with Gasteiger partial charge in [0.15, 0.2) is 0 Å². The van der Waals surface area contributed by atoms with Gasteiger partial charge < -0.3 is 9.47 Å². The first-order valence-corrected chi connectivity index (χ1v) is 9.09. The van der Waals surface area contributed by atoms with Crippen molar-refractivity contribution in [3.8, 4) is 0 Å². The first-order chi connectivity index (χ1) is 9.93. The third-order valence-corrected chi connectivity index (χ3v) is 4.06. The molecule has 1 aliphatic carbocycles. The zero-order valence-electron chi connectivity index (χ0n) is 13.7. The van der Waals surface area contributed by atoms with Gasteiger partial charge in [-0.1, -0.05) is 64.7 Å². The molecule has 0 bridgehead atoms. The summed E-state index contributed by atoms with van der Waals surface area (Å²) in [7, 11) is 0. The van der Waals surface area contributed by atoms with E-state index in [1.165, 1.54) is 77.0 Å². The van der Waals surface area contributed by atoms with Crippen molar-refractivity contribution in [2.45, 2.75) is 84.0 Å². The van der Waals surface area contributed by atoms with E-state index in [1.807, 2.05) is 0 Å². The van der Waals surface area contributed by atoms with Gasteiger partial charge in [-0.3, -0.25) is 0 Å². The summed E-state index contributed by atoms with van der Waals surface area (Å²) in [6.07, 6.45) is 16.6. The second-order valence-electron chi connectivity index (χ2n) is 6.31. The van der Waals surface area contributed by atoms with Crippen molar-refractivity contribution in [3.05, 3.63) is 0 Å². The number of hydrogen-bond acceptors (Lipinski definition) is 2. The second kappa shape index (κ2) is 13.9. The van der Waals surface area contributed by atoms with Gasteiger partial charge in [0.25, 0.3) is 0 Å². The van der Waals surface area contributed by atoms with Crippen LogP contribution in [0.3, 0.4) is 0 Å². The molecule has 2 heteroatoms. The van der Waals surface area contributed by atoms with Gasteiger partial charge in [-0.15, -0.1) is 0 Å². The topological polar surface area (TPSA) is 18.5 Å². The molecule has 0 unspecified atom stereocenters. The monoisotopic (exact) mass is 284 g/mol. The molecule has 0 aromatic carbocycles. The second-order valence-corrected chi connectivity index (χ2v) is 6.31. The van der Waals surface area contributed by atoms with Crippen LogP contribution in [-0.2, 0) is 9.47 Å². The molecule has 0 aromatic heterocycles. The van der Waals surface area contributed by atoms with E-state index in [0.717, 1.165) is 32.3 Å². The molecule has 1 aliphatic rings. The molecule has 0 aliphatic heterocycles. The number of ether oxygens (including phenoxy) is 2. The van der Waals surface area contributed by atoms with E-state index in [0.29, 0.717) is 0 Å². The van der Waals surface area contributed by atoms with Crippen LogP contribution in [0.4, 0.5) is 0 Å². The van der Waals surface area contributed by atoms with Gasteiger partial charge in [-0.2, -0.15) is 0 Å². The standard InChI is InChI=1S/C18H36O2/c1-2-3-4-5-6-7-8-9-10-11-14-19-15-16-20-17-18-12-13-18/h18H,2-17H2,1H3. The maximum absolute atomic E-state index is 5.58. The Kier molecular flexibility index (Phi) is 12.5. The Bertz CT molecular complexity index is 190. The first kappa shape index (κ1) is 18.0. The minimum absolute atomic E-state index is 0.782. The maximum atomic E-state index is 5.58. The van der Waals surface area contributed by atoms with Crippen LogP contribution in [0, 0.1) is 5.92 Å². The Labute approximate surface area is 126 Å². The summed E-state index contributed by atoms with van der Waals surface area (Å²) < 4.78 is 11.1. The third kappa shape index (κ3) is 12.9. The average Bonchev–Trinajstić information content (AvgIpc) is 3.27. The van der Waals surface area contributed by atoms with Crippen molar-refractivity contribution >= 4 is 0 Å². The van der Waals surface area contributed by atoms with Crippen molar-refractivity contribution < 1.29 is 9.47 Å². The summed E-state index contributed by atoms with van der Waals surface area (Å²) in [5.41, 5.74) is 0. The lowest BCUT2D eigenvalue weighted by Crippen LogP contribution is -2.06. The molecule has 0 saturated heterocycles. The third-order valence-electron chi connectivity index (χ3n) is 4.06. The highest BCUT2D eigenvalue weighted by Gasteiger charge is 2.20. The van der Waals surface area contributed by atoms with Crippen LogP contribution >= 0.6 is 0 Å². The Hall–Kier alpha value is -0.0800. The van der Waals surface area contributed by atoms with Gasteiger partial charge >= 0.3 is 0 Å². The normalized spacial score (nSPS) is 14.8. The van der Waals surface area contributed by atoms with Gasteiger partial charge in [0.2, 0.25) is 0 Å². The highest BCUT2D eigenvalue weighted by atomic mass is 16.5. The summed E-state index contributed by atoms with van der Waals surface area (Å²) in [6.45, 7) is 5.73. The highest BCUT2D eigenvalue weighted by molar-refractivity contribution is 4.71. The van der Waals surface area contributed by atoms with Crippen molar-refractivity contribution in [3.63, 3.8) is 0 Å². The van der Waals surface area contributed by atoms with Gasteiger partial charge in [-0.25, -0.2) is 0 Å². The number of hydrogen-bond donors (Lipinski definition) is 0. The smallest absolute Gasteiger partial charge is 0.0700 e. The summed E-state index contributed by atoms with van der Waals surface area (Å²) in [5.74, 6) is 0.872. The Morgan fingerprint density at radius 3 is 1.80 bits per heavy atom. The minimum atomic E-state index is 0.782. The molecule has 0 aromatic rings. The molecule has 1 fully saturated rings. The highest BCUT2D eigenvalue weighted by Crippen LogP contribution is 2.28. The van der Waals surface area contributed by atoms with Crippen LogP contribution in [0.5, 0.6) is 0 Å². The lowest BCUT2D eigenvalue weighted by atomic mass is 10.1. The molecule has 0 spiro atoms. The summed E-state index contributed by atoms with van der Waals surface area (Å²) >= 11 is 0. The fourth-order valence-corrected chi connectivity index (χ4v) is 2.45. The van der Waals surface area contributed by atoms with Gasteiger partial charge in [-0.05, 0) is 25.2 Å². The maximum Gasteiger partial charge on any atom is 0.0700 e. The SMILES string of the molecule is CCCCCCCCCCCCOCCOCC1CC1. The molecule has 120 valence electrons. The van der Waals surface area contributed by atoms with Crippen LogP contribution in [-0.4, -0.2) is 26.4 Å². The molecule has 0 amide bonds. The van der Waals surface area contributed by atoms with E-state index >= 15 is 0 Å². The molecule has 0 atom stereocenters. The van der Waals surface area contributed by atoms with Crippen molar-refractivity contribution in [1.82, 2.24) is 0 Å². The lowest BCUT2D eigenvalue weighted by molar-refractivity contribution is 0.0423. The molecule has 0 radical (unpaired) electrons. The van der Waals surface area contributed by atoms with E-state index < -0.39 is 0 Å². The summed E-state index contributed by atoms with van der Waals surface area (Å²) in [4.78, 5) is 0. The minimum Gasteiger partial charge on any atom is -0.379 e. The largest absolute Gasteiger partial charge is 0.379 e. The summed E-state index contributed by atoms with van der Waals surface area (Å²) in [5, 5.41) is 0. The van der Waals surface area contributed by atoms with Crippen molar-refractivity contribution in [2.75, 3.05) is 26.4 Å². The van der Waals surface area contributed by atoms with E-state index in [-0.39, 0.29) is 0 Å². The molecule has 0 N–H and O–H groups in total. The zero-order valence-corrected chi connectivity index (χ0v) is 13.7. The van der Waals surface area contributed by atoms with Crippen LogP contribution in [0.2, 0.25) is 0 Å². The van der Waals surface area contributed by atoms with Crippen LogP contribution < -0.4 is 0 Å². The predicted molar refractivity (Wildman–Crippen MR) is 86.2 cm³/mol. The Balaban J connectivity index is 1.60.